The maximum Gasteiger partial charge on any atom is 0.208 e. The Morgan fingerprint density at radius 1 is 1.21 bits per heavy atom. The summed E-state index contributed by atoms with van der Waals surface area (Å²) in [4.78, 5) is 18.5. The molecule has 5 nitrogen and oxygen atoms in total. The van der Waals surface area contributed by atoms with Crippen LogP contribution in [0, 0.1) is 5.82 Å². The Kier molecular flexibility index (Phi) is 7.00. The second kappa shape index (κ2) is 9.27. The Morgan fingerprint density at radius 2 is 1.96 bits per heavy atom. The second-order valence-electron chi connectivity index (χ2n) is 5.90. The number of sulfonamides is 1. The lowest BCUT2D eigenvalue weighted by molar-refractivity contribution is 0.102. The molecule has 3 rings (SSSR count). The monoisotopic (exact) mass is 456 g/mol. The van der Waals surface area contributed by atoms with E-state index >= 15 is 0 Å². The SMILES string of the molecule is CS(=O)(=O)NCCc1ccc(C(=O)CSc2nc(-c3ccc(F)cc3)cs2)s1. The number of hydrogen-bond donors (Lipinski definition) is 1. The van der Waals surface area contributed by atoms with Crippen LogP contribution in [0.4, 0.5) is 4.39 Å². The van der Waals surface area contributed by atoms with Crippen LogP contribution in [-0.2, 0) is 16.4 Å². The lowest BCUT2D eigenvalue weighted by atomic mass is 10.2. The number of nitrogens with one attached hydrogen (secondary N) is 1. The fraction of sp³-hybridized carbons (Fsp3) is 0.222. The minimum atomic E-state index is -3.20. The average Bonchev–Trinajstić information content (AvgIpc) is 3.29. The van der Waals surface area contributed by atoms with Gasteiger partial charge in [-0.25, -0.2) is 22.5 Å². The van der Waals surface area contributed by atoms with Gasteiger partial charge in [-0.15, -0.1) is 22.7 Å². The number of aromatic nitrogens is 1. The number of rotatable bonds is 9. The van der Waals surface area contributed by atoms with E-state index in [2.05, 4.69) is 9.71 Å². The highest BCUT2D eigenvalue weighted by molar-refractivity contribution is 8.01. The highest BCUT2D eigenvalue weighted by atomic mass is 32.2. The molecule has 148 valence electrons. The Hall–Kier alpha value is -1.59. The van der Waals surface area contributed by atoms with Crippen LogP contribution < -0.4 is 4.72 Å². The number of thiophene rings is 1. The molecule has 0 fully saturated rings. The van der Waals surface area contributed by atoms with Crippen molar-refractivity contribution in [2.45, 2.75) is 10.8 Å². The van der Waals surface area contributed by atoms with E-state index in [0.717, 1.165) is 26.7 Å². The molecular weight excluding hydrogens is 439 g/mol. The molecule has 28 heavy (non-hydrogen) atoms. The molecule has 0 amide bonds. The number of halogens is 1. The van der Waals surface area contributed by atoms with Crippen LogP contribution in [0.5, 0.6) is 0 Å². The summed E-state index contributed by atoms with van der Waals surface area (Å²) >= 11 is 4.20. The summed E-state index contributed by atoms with van der Waals surface area (Å²) in [5, 5.41) is 1.89. The fourth-order valence-corrected chi connectivity index (χ4v) is 5.52. The van der Waals surface area contributed by atoms with Gasteiger partial charge in [0.25, 0.3) is 0 Å². The first kappa shape index (κ1) is 21.1. The van der Waals surface area contributed by atoms with E-state index in [0.29, 0.717) is 17.8 Å². The molecular formula is C18H17FN2O3S4. The summed E-state index contributed by atoms with van der Waals surface area (Å²) in [6.07, 6.45) is 1.67. The van der Waals surface area contributed by atoms with Crippen LogP contribution in [0.2, 0.25) is 0 Å². The average molecular weight is 457 g/mol. The molecule has 0 saturated carbocycles. The number of thiazole rings is 1. The van der Waals surface area contributed by atoms with Gasteiger partial charge in [0.2, 0.25) is 10.0 Å². The Morgan fingerprint density at radius 3 is 2.68 bits per heavy atom. The first-order valence-corrected chi connectivity index (χ1v) is 12.8. The van der Waals surface area contributed by atoms with Crippen molar-refractivity contribution in [1.29, 1.82) is 0 Å². The molecule has 0 aliphatic rings. The smallest absolute Gasteiger partial charge is 0.208 e. The van der Waals surface area contributed by atoms with E-state index in [1.54, 1.807) is 18.2 Å². The molecule has 3 aromatic rings. The van der Waals surface area contributed by atoms with Crippen molar-refractivity contribution in [2.24, 2.45) is 0 Å². The number of carbonyl (C=O) groups is 1. The molecule has 2 aromatic heterocycles. The van der Waals surface area contributed by atoms with E-state index in [1.807, 2.05) is 11.4 Å². The van der Waals surface area contributed by atoms with Crippen molar-refractivity contribution in [3.63, 3.8) is 0 Å². The number of hydrogen-bond acceptors (Lipinski definition) is 7. The lowest BCUT2D eigenvalue weighted by Crippen LogP contribution is -2.23. The van der Waals surface area contributed by atoms with Crippen LogP contribution >= 0.6 is 34.4 Å². The molecule has 2 heterocycles. The lowest BCUT2D eigenvalue weighted by Gasteiger charge is -1.99. The van der Waals surface area contributed by atoms with E-state index in [-0.39, 0.29) is 17.4 Å². The Labute approximate surface area is 175 Å². The van der Waals surface area contributed by atoms with Crippen molar-refractivity contribution in [3.05, 3.63) is 57.3 Å². The van der Waals surface area contributed by atoms with Gasteiger partial charge in [0.1, 0.15) is 5.82 Å². The minimum Gasteiger partial charge on any atom is -0.292 e. The van der Waals surface area contributed by atoms with E-state index in [9.17, 15) is 17.6 Å². The molecule has 1 aromatic carbocycles. The van der Waals surface area contributed by atoms with Gasteiger partial charge in [-0.2, -0.15) is 0 Å². The molecule has 10 heteroatoms. The first-order valence-electron chi connectivity index (χ1n) is 8.21. The van der Waals surface area contributed by atoms with Crippen molar-refractivity contribution in [2.75, 3.05) is 18.6 Å². The van der Waals surface area contributed by atoms with Gasteiger partial charge in [0.15, 0.2) is 10.1 Å². The molecule has 0 spiro atoms. The molecule has 0 saturated heterocycles. The predicted octanol–water partition coefficient (Wildman–Crippen LogP) is 4.08. The normalized spacial score (nSPS) is 11.6. The third-order valence-corrected chi connectivity index (χ3v) is 7.56. The summed E-state index contributed by atoms with van der Waals surface area (Å²) in [6.45, 7) is 0.313. The van der Waals surface area contributed by atoms with E-state index in [4.69, 9.17) is 0 Å². The summed E-state index contributed by atoms with van der Waals surface area (Å²) in [5.41, 5.74) is 1.60. The number of ketones is 1. The fourth-order valence-electron chi connectivity index (χ4n) is 2.30. The van der Waals surface area contributed by atoms with Crippen molar-refractivity contribution in [3.8, 4) is 11.3 Å². The van der Waals surface area contributed by atoms with Crippen LogP contribution in [0.15, 0.2) is 46.1 Å². The Bertz CT molecular complexity index is 1060. The van der Waals surface area contributed by atoms with E-state index in [1.165, 1.54) is 46.6 Å². The summed E-state index contributed by atoms with van der Waals surface area (Å²) in [7, 11) is -3.20. The molecule has 0 aliphatic heterocycles. The van der Waals surface area contributed by atoms with Crippen LogP contribution in [0.25, 0.3) is 11.3 Å². The molecule has 0 atom stereocenters. The zero-order valence-corrected chi connectivity index (χ0v) is 18.1. The summed E-state index contributed by atoms with van der Waals surface area (Å²) < 4.78 is 38.4. The van der Waals surface area contributed by atoms with Crippen LogP contribution in [-0.4, -0.2) is 37.7 Å². The van der Waals surface area contributed by atoms with Crippen LogP contribution in [0.3, 0.4) is 0 Å². The van der Waals surface area contributed by atoms with Crippen molar-refractivity contribution < 1.29 is 17.6 Å². The molecule has 0 unspecified atom stereocenters. The third kappa shape index (κ3) is 6.21. The highest BCUT2D eigenvalue weighted by Gasteiger charge is 2.12. The van der Waals surface area contributed by atoms with Gasteiger partial charge >= 0.3 is 0 Å². The number of Topliss-reactive ketones (excluding diaryl/α,β-unsaturated/α-hetero) is 1. The van der Waals surface area contributed by atoms with Crippen molar-refractivity contribution >= 4 is 50.2 Å². The van der Waals surface area contributed by atoms with Gasteiger partial charge in [0.05, 0.1) is 22.6 Å². The number of thioether (sulfide) groups is 1. The Balaban J connectivity index is 1.52. The van der Waals surface area contributed by atoms with Crippen molar-refractivity contribution in [1.82, 2.24) is 9.71 Å². The molecule has 1 N–H and O–H groups in total. The van der Waals surface area contributed by atoms with Crippen LogP contribution in [0.1, 0.15) is 14.5 Å². The molecule has 0 radical (unpaired) electrons. The van der Waals surface area contributed by atoms with Gasteiger partial charge < -0.3 is 0 Å². The number of benzene rings is 1. The quantitative estimate of drug-likeness (QED) is 0.388. The molecule has 0 aliphatic carbocycles. The zero-order valence-electron chi connectivity index (χ0n) is 14.8. The summed E-state index contributed by atoms with van der Waals surface area (Å²) in [6, 6.07) is 9.76. The standard InChI is InChI=1S/C18H17FN2O3S4/c1-28(23,24)20-9-8-14-6-7-17(27-14)16(22)11-26-18-21-15(10-25-18)12-2-4-13(19)5-3-12/h2-7,10,20H,8-9,11H2,1H3. The number of nitrogens with zero attached hydrogens (tertiary/aromatic N) is 1. The third-order valence-electron chi connectivity index (χ3n) is 3.62. The largest absolute Gasteiger partial charge is 0.292 e. The van der Waals surface area contributed by atoms with E-state index < -0.39 is 10.0 Å². The van der Waals surface area contributed by atoms with Gasteiger partial charge in [0, 0.05) is 22.4 Å². The second-order valence-corrected chi connectivity index (χ2v) is 11.0. The maximum absolute atomic E-state index is 13.0. The first-order chi connectivity index (χ1) is 13.3. The maximum atomic E-state index is 13.0. The molecule has 0 bridgehead atoms. The van der Waals surface area contributed by atoms with Gasteiger partial charge in [-0.3, -0.25) is 4.79 Å². The zero-order chi connectivity index (χ0) is 20.1. The van der Waals surface area contributed by atoms with Gasteiger partial charge in [-0.05, 0) is 42.8 Å². The minimum absolute atomic E-state index is 0.0101. The topological polar surface area (TPSA) is 76.1 Å². The summed E-state index contributed by atoms with van der Waals surface area (Å²) in [5.74, 6) is -0.00443. The highest BCUT2D eigenvalue weighted by Crippen LogP contribution is 2.29. The van der Waals surface area contributed by atoms with Gasteiger partial charge in [-0.1, -0.05) is 11.8 Å². The predicted molar refractivity (Wildman–Crippen MR) is 113 cm³/mol. The number of carbonyl (C=O) groups excluding carboxylic acids is 1.